The van der Waals surface area contributed by atoms with Gasteiger partial charge in [-0.25, -0.2) is 0 Å². The maximum absolute atomic E-state index is 13.3. The summed E-state index contributed by atoms with van der Waals surface area (Å²) in [5.74, 6) is -1.59. The van der Waals surface area contributed by atoms with Crippen LogP contribution in [-0.4, -0.2) is 30.6 Å². The van der Waals surface area contributed by atoms with Crippen LogP contribution < -0.4 is 34.7 Å². The number of methoxy groups -OCH3 is 1. The fourth-order valence-corrected chi connectivity index (χ4v) is 8.07. The van der Waals surface area contributed by atoms with Crippen LogP contribution in [0.2, 0.25) is 0 Å². The molecule has 4 aliphatic carbocycles. The van der Waals surface area contributed by atoms with Crippen LogP contribution in [0.4, 0.5) is 0 Å². The molecule has 234 valence electrons. The predicted octanol–water partition coefficient (Wildman–Crippen LogP) is 2.81. The molecule has 6 nitrogen and oxygen atoms in total. The van der Waals surface area contributed by atoms with E-state index in [1.54, 1.807) is 6.07 Å². The van der Waals surface area contributed by atoms with Gasteiger partial charge in [0.1, 0.15) is 0 Å². The molecule has 2 unspecified atom stereocenters. The zero-order valence-corrected chi connectivity index (χ0v) is 29.1. The van der Waals surface area contributed by atoms with E-state index in [9.17, 15) is 24.3 Å². The van der Waals surface area contributed by atoms with E-state index in [1.165, 1.54) is 12.7 Å². The Morgan fingerprint density at radius 1 is 0.604 bits per heavy atom. The minimum atomic E-state index is -1.18. The number of carboxylic acids is 1. The van der Waals surface area contributed by atoms with Gasteiger partial charge in [0, 0.05) is 23.5 Å². The van der Waals surface area contributed by atoms with E-state index < -0.39 is 16.8 Å². The van der Waals surface area contributed by atoms with Crippen LogP contribution in [0.5, 0.6) is 0 Å². The van der Waals surface area contributed by atoms with Gasteiger partial charge in [-0.3, -0.25) is 14.4 Å². The van der Waals surface area contributed by atoms with Crippen molar-refractivity contribution >= 4 is 34.7 Å². The topological polar surface area (TPSA) is 101 Å². The average Bonchev–Trinajstić information content (AvgIpc) is 3.84. The van der Waals surface area contributed by atoms with E-state index in [0.29, 0.717) is 18.4 Å². The van der Waals surface area contributed by atoms with Gasteiger partial charge < -0.3 is 14.6 Å². The number of hydrogen-bond acceptors (Lipinski definition) is 6. The van der Waals surface area contributed by atoms with Crippen molar-refractivity contribution < 1.29 is 58.6 Å². The Balaban J connectivity index is 0.000000164. The van der Waals surface area contributed by atoms with Crippen molar-refractivity contribution in [2.45, 2.75) is 38.5 Å². The molecular weight excluding hydrogens is 611 g/mol. The van der Waals surface area contributed by atoms with Crippen LogP contribution in [0.1, 0.15) is 66.9 Å². The number of benzene rings is 4. The molecule has 0 radical (unpaired) electrons. The fourth-order valence-electron chi connectivity index (χ4n) is 8.07. The van der Waals surface area contributed by atoms with Gasteiger partial charge in [-0.15, -0.1) is 0 Å². The number of hydrogen-bond donors (Lipinski definition) is 0. The molecule has 0 aromatic heterocycles. The van der Waals surface area contributed by atoms with Gasteiger partial charge in [0.25, 0.3) is 0 Å². The number of aliphatic carboxylic acids is 1. The molecule has 0 fully saturated rings. The number of esters is 1. The summed E-state index contributed by atoms with van der Waals surface area (Å²) >= 11 is 0. The summed E-state index contributed by atoms with van der Waals surface area (Å²) in [6, 6.07) is 31.1. The van der Waals surface area contributed by atoms with E-state index >= 15 is 0 Å². The molecule has 2 atom stereocenters. The van der Waals surface area contributed by atoms with Crippen LogP contribution in [0.15, 0.2) is 109 Å². The number of carboxylic acid groups (broad SMARTS) is 1. The summed E-state index contributed by atoms with van der Waals surface area (Å²) in [4.78, 5) is 50.0. The first-order valence-electron chi connectivity index (χ1n) is 15.9. The molecule has 7 heteroatoms. The normalized spacial score (nSPS) is 21.0. The summed E-state index contributed by atoms with van der Waals surface area (Å²) in [5.41, 5.74) is 7.68. The second-order valence-corrected chi connectivity index (χ2v) is 12.8. The number of ether oxygens (including phenoxy) is 1. The molecule has 0 amide bonds. The van der Waals surface area contributed by atoms with Crippen LogP contribution in [0.3, 0.4) is 0 Å². The molecule has 48 heavy (non-hydrogen) atoms. The Kier molecular flexibility index (Phi) is 9.27. The summed E-state index contributed by atoms with van der Waals surface area (Å²) in [5, 5.41) is 11.4. The molecule has 0 saturated heterocycles. The Morgan fingerprint density at radius 2 is 0.979 bits per heavy atom. The number of carbonyl (C=O) groups excluding carboxylic acids is 4. The third-order valence-electron chi connectivity index (χ3n) is 10.2. The van der Waals surface area contributed by atoms with Gasteiger partial charge in [-0.05, 0) is 70.2 Å². The molecule has 4 aromatic carbocycles. The van der Waals surface area contributed by atoms with Gasteiger partial charge in [-0.1, -0.05) is 109 Å². The number of Topliss-reactive ketones (excluding diaryl/α,β-unsaturated/α-hetero) is 2. The number of allylic oxidation sites excluding steroid dienone is 4. The van der Waals surface area contributed by atoms with Crippen LogP contribution in [0.25, 0.3) is 11.1 Å². The number of rotatable bonds is 6. The number of carbonyl (C=O) groups is 4. The van der Waals surface area contributed by atoms with Gasteiger partial charge in [0.2, 0.25) is 0 Å². The maximum atomic E-state index is 13.3. The zero-order valence-electron chi connectivity index (χ0n) is 27.1. The fraction of sp³-hybridized carbons (Fsp3) is 0.220. The van der Waals surface area contributed by atoms with Crippen molar-refractivity contribution in [3.8, 4) is 0 Å². The van der Waals surface area contributed by atoms with Crippen molar-refractivity contribution in [3.63, 3.8) is 0 Å². The van der Waals surface area contributed by atoms with E-state index in [-0.39, 0.29) is 59.9 Å². The van der Waals surface area contributed by atoms with Crippen molar-refractivity contribution in [1.29, 1.82) is 0 Å². The first kappa shape index (κ1) is 33.5. The van der Waals surface area contributed by atoms with E-state index in [4.69, 9.17) is 4.74 Å². The van der Waals surface area contributed by atoms with Crippen molar-refractivity contribution in [2.24, 2.45) is 10.8 Å². The van der Waals surface area contributed by atoms with Crippen molar-refractivity contribution in [1.82, 2.24) is 0 Å². The molecule has 4 aromatic rings. The first-order valence-corrected chi connectivity index (χ1v) is 15.9. The second kappa shape index (κ2) is 13.3. The third-order valence-corrected chi connectivity index (χ3v) is 10.2. The van der Waals surface area contributed by atoms with Crippen LogP contribution in [0, 0.1) is 10.8 Å². The zero-order chi connectivity index (χ0) is 32.8. The SMILES string of the molecule is COC(=O)CC1(C2=CCc3ccccc32)Cc2ccccc2C1=O.O=C([O-])CC1(C2=CCc3ccccc32)Cc2ccccc2C1=O.[Na+]. The van der Waals surface area contributed by atoms with E-state index in [1.807, 2.05) is 91.0 Å². The number of ketones is 2. The molecule has 4 aliphatic rings. The molecular formula is C41H33NaO6. The van der Waals surface area contributed by atoms with E-state index in [0.717, 1.165) is 57.4 Å². The largest absolute Gasteiger partial charge is 1.00 e. The standard InChI is InChI=1S/C21H18O3.C20H16O3.Na/c1-24-19(22)13-21(12-15-7-3-5-9-17(15)20(21)23)18-11-10-14-6-2-4-8-16(14)18;21-18(22)12-20(11-14-6-2-4-8-16(14)19(20)23)17-10-9-13-5-1-3-7-15(13)17;/h2-9,11H,10,12-13H2,1H3;1-8,10H,9,11-12H2,(H,21,22);/q;;+1/p-1. The molecule has 0 N–H and O–H groups in total. The Labute approximate surface area is 301 Å². The van der Waals surface area contributed by atoms with Crippen molar-refractivity contribution in [2.75, 3.05) is 7.11 Å². The monoisotopic (exact) mass is 644 g/mol. The Hall–Kier alpha value is -4.36. The van der Waals surface area contributed by atoms with Gasteiger partial charge >= 0.3 is 35.5 Å². The maximum Gasteiger partial charge on any atom is 1.00 e. The molecule has 0 spiro atoms. The Bertz CT molecular complexity index is 2040. The quantitative estimate of drug-likeness (QED) is 0.237. The third kappa shape index (κ3) is 5.52. The molecule has 0 bridgehead atoms. The Morgan fingerprint density at radius 3 is 1.38 bits per heavy atom. The minimum absolute atomic E-state index is 0. The summed E-state index contributed by atoms with van der Waals surface area (Å²) in [7, 11) is 1.37. The molecule has 0 saturated carbocycles. The minimum Gasteiger partial charge on any atom is -0.550 e. The summed E-state index contributed by atoms with van der Waals surface area (Å²) in [6.45, 7) is 0. The predicted molar refractivity (Wildman–Crippen MR) is 176 cm³/mol. The van der Waals surface area contributed by atoms with Gasteiger partial charge in [0.15, 0.2) is 11.6 Å². The smallest absolute Gasteiger partial charge is 0.550 e. The van der Waals surface area contributed by atoms with Crippen LogP contribution in [-0.2, 0) is 40.0 Å². The van der Waals surface area contributed by atoms with E-state index in [2.05, 4.69) is 12.1 Å². The van der Waals surface area contributed by atoms with Crippen molar-refractivity contribution in [3.05, 3.63) is 154 Å². The molecule has 0 heterocycles. The summed E-state index contributed by atoms with van der Waals surface area (Å²) in [6.07, 6.45) is 6.45. The van der Waals surface area contributed by atoms with Gasteiger partial charge in [0.05, 0.1) is 24.4 Å². The second-order valence-electron chi connectivity index (χ2n) is 12.8. The first-order chi connectivity index (χ1) is 22.8. The molecule has 0 aliphatic heterocycles. The molecule has 8 rings (SSSR count). The van der Waals surface area contributed by atoms with Gasteiger partial charge in [-0.2, -0.15) is 0 Å². The number of fused-ring (bicyclic) bond motifs is 4. The summed E-state index contributed by atoms with van der Waals surface area (Å²) < 4.78 is 4.91. The average molecular weight is 645 g/mol. The van der Waals surface area contributed by atoms with Crippen LogP contribution >= 0.6 is 0 Å².